The van der Waals surface area contributed by atoms with Crippen LogP contribution in [0.1, 0.15) is 81.2 Å². The summed E-state index contributed by atoms with van der Waals surface area (Å²) in [6, 6.07) is 5.76. The molecule has 5 rings (SSSR count). The topological polar surface area (TPSA) is 135 Å². The number of likely N-dealkylation sites (tertiary alicyclic amines) is 1. The minimum atomic E-state index is -0.610. The monoisotopic (exact) mass is 585 g/mol. The molecule has 1 aromatic heterocycles. The Bertz CT molecular complexity index is 1240. The van der Waals surface area contributed by atoms with Crippen LogP contribution in [-0.2, 0) is 14.3 Å². The molecule has 3 atom stereocenters. The smallest absolute Gasteiger partial charge is 0.374 e. The molecule has 3 aliphatic rings. The number of fused-ring (bicyclic) bond motifs is 1. The molecule has 9 nitrogen and oxygen atoms in total. The zero-order valence-electron chi connectivity index (χ0n) is 24.3. The number of carbonyl (C=O) groups is 3. The molecule has 10 heteroatoms. The van der Waals surface area contributed by atoms with Crippen molar-refractivity contribution in [3.05, 3.63) is 30.0 Å². The quantitative estimate of drug-likeness (QED) is 0.269. The molecule has 0 unspecified atom stereocenters. The van der Waals surface area contributed by atoms with Crippen LogP contribution in [-0.4, -0.2) is 66.3 Å². The zero-order valence-corrected chi connectivity index (χ0v) is 24.3. The largest absolute Gasteiger partial charge is 0.460 e. The minimum absolute atomic E-state index is 0.0374. The van der Waals surface area contributed by atoms with Crippen LogP contribution in [0.25, 0.3) is 11.0 Å². The highest BCUT2D eigenvalue weighted by Crippen LogP contribution is 2.41. The lowest BCUT2D eigenvalue weighted by Gasteiger charge is -2.36. The minimum Gasteiger partial charge on any atom is -0.460 e. The van der Waals surface area contributed by atoms with Gasteiger partial charge in [0.05, 0.1) is 6.61 Å². The predicted molar refractivity (Wildman–Crippen MR) is 156 cm³/mol. The first-order chi connectivity index (χ1) is 20.4. The number of halogens is 1. The van der Waals surface area contributed by atoms with Gasteiger partial charge in [0.15, 0.2) is 0 Å². The van der Waals surface area contributed by atoms with Crippen LogP contribution in [0.15, 0.2) is 28.7 Å². The highest BCUT2D eigenvalue weighted by Gasteiger charge is 2.47. The number of nitrogens with one attached hydrogen (secondary N) is 1. The maximum absolute atomic E-state index is 14.0. The van der Waals surface area contributed by atoms with Crippen LogP contribution in [0.2, 0.25) is 0 Å². The molecule has 2 amide bonds. The number of amides is 2. The fourth-order valence-corrected chi connectivity index (χ4v) is 7.35. The maximum atomic E-state index is 14.0. The molecule has 42 heavy (non-hydrogen) atoms. The number of anilines is 1. The van der Waals surface area contributed by atoms with E-state index in [1.807, 2.05) is 4.90 Å². The van der Waals surface area contributed by atoms with Crippen molar-refractivity contribution in [2.45, 2.75) is 82.7 Å². The molecule has 0 spiro atoms. The van der Waals surface area contributed by atoms with Gasteiger partial charge in [-0.15, -0.1) is 0 Å². The van der Waals surface area contributed by atoms with Gasteiger partial charge in [-0.3, -0.25) is 9.59 Å². The second-order valence-corrected chi connectivity index (χ2v) is 12.3. The number of nitrogens with zero attached hydrogens (tertiary/aromatic N) is 1. The molecule has 2 saturated carbocycles. The van der Waals surface area contributed by atoms with Crippen molar-refractivity contribution in [3.63, 3.8) is 0 Å². The molecule has 0 bridgehead atoms. The number of hydrogen-bond donors (Lipinski definition) is 3. The second kappa shape index (κ2) is 14.0. The van der Waals surface area contributed by atoms with E-state index in [0.717, 1.165) is 44.9 Å². The van der Waals surface area contributed by atoms with Gasteiger partial charge in [-0.1, -0.05) is 32.1 Å². The number of furan rings is 1. The van der Waals surface area contributed by atoms with Gasteiger partial charge in [0.2, 0.25) is 17.6 Å². The van der Waals surface area contributed by atoms with Crippen molar-refractivity contribution >= 4 is 34.4 Å². The Hall–Kier alpha value is -2.98. The number of nitrogens with two attached hydrogens (primary N) is 1. The standard InChI is InChI=1S/C32H44FN3O6/c33-19-26(34)21-7-9-22(10-8-21)31(39)36-14-13-25(20-5-2-1-3-6-20)29(36)30(38)35-24-11-12-27-23(17-24)18-28(42-27)32(40)41-16-4-15-37/h11-12,17-18,20-22,25-26,29,37H,1-10,13-16,19,34H2,(H,35,38)/t21-,22-,25-,26+,29-/m0/s1. The second-order valence-electron chi connectivity index (χ2n) is 12.3. The number of carbonyl (C=O) groups excluding carboxylic acids is 3. The first-order valence-corrected chi connectivity index (χ1v) is 15.6. The third-order valence-electron chi connectivity index (χ3n) is 9.68. The van der Waals surface area contributed by atoms with E-state index < -0.39 is 24.7 Å². The lowest BCUT2D eigenvalue weighted by molar-refractivity contribution is -0.142. The molecule has 3 fully saturated rings. The van der Waals surface area contributed by atoms with Crippen molar-refractivity contribution in [1.82, 2.24) is 4.90 Å². The van der Waals surface area contributed by atoms with E-state index in [1.165, 1.54) is 6.42 Å². The molecule has 1 aromatic carbocycles. The number of rotatable bonds is 10. The van der Waals surface area contributed by atoms with Crippen molar-refractivity contribution in [1.29, 1.82) is 0 Å². The van der Waals surface area contributed by atoms with Gasteiger partial charge in [-0.25, -0.2) is 9.18 Å². The zero-order chi connectivity index (χ0) is 29.6. The average molecular weight is 586 g/mol. The predicted octanol–water partition coefficient (Wildman–Crippen LogP) is 4.81. The number of benzene rings is 1. The van der Waals surface area contributed by atoms with E-state index >= 15 is 0 Å². The van der Waals surface area contributed by atoms with Gasteiger partial charge in [0, 0.05) is 42.6 Å². The molecule has 2 aliphatic carbocycles. The van der Waals surface area contributed by atoms with E-state index in [9.17, 15) is 18.8 Å². The van der Waals surface area contributed by atoms with Gasteiger partial charge < -0.3 is 30.2 Å². The Morgan fingerprint density at radius 1 is 1.07 bits per heavy atom. The molecule has 2 heterocycles. The van der Waals surface area contributed by atoms with Crippen LogP contribution in [0, 0.1) is 23.7 Å². The van der Waals surface area contributed by atoms with Crippen LogP contribution in [0.5, 0.6) is 0 Å². The molecule has 0 radical (unpaired) electrons. The van der Waals surface area contributed by atoms with Crippen LogP contribution < -0.4 is 11.1 Å². The highest BCUT2D eigenvalue weighted by molar-refractivity contribution is 6.00. The number of ether oxygens (including phenoxy) is 1. The summed E-state index contributed by atoms with van der Waals surface area (Å²) in [4.78, 5) is 41.9. The number of esters is 1. The Kier molecular flexibility index (Phi) is 10.2. The van der Waals surface area contributed by atoms with Gasteiger partial charge in [-0.05, 0) is 74.1 Å². The summed E-state index contributed by atoms with van der Waals surface area (Å²) in [7, 11) is 0. The summed E-state index contributed by atoms with van der Waals surface area (Å²) in [6.45, 7) is 0.0588. The van der Waals surface area contributed by atoms with Crippen molar-refractivity contribution in [2.24, 2.45) is 29.4 Å². The van der Waals surface area contributed by atoms with Gasteiger partial charge in [-0.2, -0.15) is 0 Å². The number of hydrogen-bond acceptors (Lipinski definition) is 7. The SMILES string of the molecule is N[C@H](CF)[C@H]1CC[C@H](C(=O)N2CC[C@@H](C3CCCCC3)[C@H]2C(=O)Nc2ccc3oc(C(=O)OCCCO)cc3c2)CC1. The molecule has 2 aromatic rings. The summed E-state index contributed by atoms with van der Waals surface area (Å²) in [5.41, 5.74) is 7.00. The Balaban J connectivity index is 1.30. The van der Waals surface area contributed by atoms with E-state index in [2.05, 4.69) is 5.32 Å². The first-order valence-electron chi connectivity index (χ1n) is 15.6. The molecular formula is C32H44FN3O6. The molecule has 4 N–H and O–H groups in total. The first kappa shape index (κ1) is 30.5. The van der Waals surface area contributed by atoms with Crippen LogP contribution in [0.4, 0.5) is 10.1 Å². The number of alkyl halides is 1. The summed E-state index contributed by atoms with van der Waals surface area (Å²) >= 11 is 0. The normalized spacial score (nSPS) is 25.8. The molecule has 1 saturated heterocycles. The fourth-order valence-electron chi connectivity index (χ4n) is 7.35. The Morgan fingerprint density at radius 2 is 1.83 bits per heavy atom. The van der Waals surface area contributed by atoms with Crippen molar-refractivity contribution in [2.75, 3.05) is 31.7 Å². The van der Waals surface area contributed by atoms with Crippen LogP contribution in [0.3, 0.4) is 0 Å². The Labute approximate surface area is 246 Å². The Morgan fingerprint density at radius 3 is 2.55 bits per heavy atom. The van der Waals surface area contributed by atoms with E-state index in [4.69, 9.17) is 20.0 Å². The van der Waals surface area contributed by atoms with E-state index in [0.29, 0.717) is 48.4 Å². The lowest BCUT2D eigenvalue weighted by Crippen LogP contribution is -2.50. The molecular weight excluding hydrogens is 541 g/mol. The molecule has 1 aliphatic heterocycles. The van der Waals surface area contributed by atoms with Gasteiger partial charge >= 0.3 is 5.97 Å². The number of aliphatic hydroxyl groups is 1. The van der Waals surface area contributed by atoms with Crippen molar-refractivity contribution < 1.29 is 33.0 Å². The summed E-state index contributed by atoms with van der Waals surface area (Å²) in [6.07, 6.45) is 9.69. The van der Waals surface area contributed by atoms with Crippen LogP contribution >= 0.6 is 0 Å². The van der Waals surface area contributed by atoms with Gasteiger partial charge in [0.25, 0.3) is 0 Å². The van der Waals surface area contributed by atoms with E-state index in [1.54, 1.807) is 24.3 Å². The summed E-state index contributed by atoms with van der Waals surface area (Å²) in [5, 5.41) is 12.6. The number of aliphatic hydroxyl groups excluding tert-OH is 1. The summed E-state index contributed by atoms with van der Waals surface area (Å²) < 4.78 is 23.9. The maximum Gasteiger partial charge on any atom is 0.374 e. The lowest BCUT2D eigenvalue weighted by atomic mass is 9.76. The highest BCUT2D eigenvalue weighted by atomic mass is 19.1. The van der Waals surface area contributed by atoms with E-state index in [-0.39, 0.29) is 48.5 Å². The van der Waals surface area contributed by atoms with Crippen molar-refractivity contribution in [3.8, 4) is 0 Å². The fraction of sp³-hybridized carbons (Fsp3) is 0.656. The average Bonchev–Trinajstić information content (AvgIpc) is 3.66. The van der Waals surface area contributed by atoms with Gasteiger partial charge in [0.1, 0.15) is 18.3 Å². The summed E-state index contributed by atoms with van der Waals surface area (Å²) in [5.74, 6) is -0.227. The molecule has 230 valence electrons. The third-order valence-corrected chi connectivity index (χ3v) is 9.68. The third kappa shape index (κ3) is 6.80.